The van der Waals surface area contributed by atoms with E-state index in [0.717, 1.165) is 5.56 Å². The number of carbonyl (C=O) groups excluding carboxylic acids is 2. The Morgan fingerprint density at radius 1 is 1.40 bits per heavy atom. The number of nitrogens with zero attached hydrogens (tertiary/aromatic N) is 1. The van der Waals surface area contributed by atoms with E-state index in [0.29, 0.717) is 25.4 Å². The lowest BCUT2D eigenvalue weighted by Crippen LogP contribution is -2.41. The van der Waals surface area contributed by atoms with Gasteiger partial charge >= 0.3 is 6.03 Å². The van der Waals surface area contributed by atoms with Gasteiger partial charge in [-0.3, -0.25) is 4.79 Å². The smallest absolute Gasteiger partial charge is 0.316 e. The highest BCUT2D eigenvalue weighted by Gasteiger charge is 2.23. The summed E-state index contributed by atoms with van der Waals surface area (Å²) in [6, 6.07) is 6.58. The largest absolute Gasteiger partial charge is 0.370 e. The van der Waals surface area contributed by atoms with Crippen LogP contribution >= 0.6 is 0 Å². The van der Waals surface area contributed by atoms with Gasteiger partial charge in [0.1, 0.15) is 6.10 Å². The van der Waals surface area contributed by atoms with E-state index in [-0.39, 0.29) is 12.0 Å². The van der Waals surface area contributed by atoms with E-state index in [2.05, 4.69) is 11.9 Å². The number of rotatable bonds is 3. The van der Waals surface area contributed by atoms with Gasteiger partial charge in [-0.05, 0) is 23.8 Å². The number of hydrogen-bond acceptors (Lipinski definition) is 3. The van der Waals surface area contributed by atoms with Gasteiger partial charge in [0.25, 0.3) is 0 Å². The van der Waals surface area contributed by atoms with Crippen LogP contribution in [0.2, 0.25) is 0 Å². The summed E-state index contributed by atoms with van der Waals surface area (Å²) >= 11 is 0. The summed E-state index contributed by atoms with van der Waals surface area (Å²) in [5, 5.41) is 2.49. The van der Waals surface area contributed by atoms with Gasteiger partial charge in [-0.2, -0.15) is 0 Å². The molecule has 1 aromatic carbocycles. The van der Waals surface area contributed by atoms with Crippen molar-refractivity contribution in [1.82, 2.24) is 4.90 Å². The summed E-state index contributed by atoms with van der Waals surface area (Å²) < 4.78 is 5.67. The Bertz CT molecular complexity index is 513. The number of nitrogens with one attached hydrogen (secondary N) is 1. The standard InChI is InChI=1S/C14H17N3O3/c1-2-13(18)17-7-8-20-12(9-17)10-3-5-11(6-4-10)16-14(15)19/h2-6,12H,1,7-9H2,(H3,15,16,19). The number of anilines is 1. The Hall–Kier alpha value is -2.34. The molecule has 1 unspecified atom stereocenters. The minimum Gasteiger partial charge on any atom is -0.370 e. The van der Waals surface area contributed by atoms with Gasteiger partial charge in [0.2, 0.25) is 5.91 Å². The molecule has 0 radical (unpaired) electrons. The van der Waals surface area contributed by atoms with Crippen LogP contribution in [-0.4, -0.2) is 36.5 Å². The van der Waals surface area contributed by atoms with E-state index < -0.39 is 6.03 Å². The summed E-state index contributed by atoms with van der Waals surface area (Å²) in [6.45, 7) is 5.05. The Labute approximate surface area is 117 Å². The molecule has 1 heterocycles. The predicted molar refractivity (Wildman–Crippen MR) is 75.1 cm³/mol. The van der Waals surface area contributed by atoms with Gasteiger partial charge < -0.3 is 20.7 Å². The van der Waals surface area contributed by atoms with E-state index in [1.807, 2.05) is 12.1 Å². The minimum absolute atomic E-state index is 0.0923. The number of amides is 3. The van der Waals surface area contributed by atoms with Crippen LogP contribution in [0.25, 0.3) is 0 Å². The van der Waals surface area contributed by atoms with Crippen LogP contribution in [0.5, 0.6) is 0 Å². The molecule has 2 rings (SSSR count). The van der Waals surface area contributed by atoms with Crippen LogP contribution < -0.4 is 11.1 Å². The minimum atomic E-state index is -0.602. The van der Waals surface area contributed by atoms with E-state index in [4.69, 9.17) is 10.5 Å². The molecule has 1 aliphatic heterocycles. The quantitative estimate of drug-likeness (QED) is 0.814. The van der Waals surface area contributed by atoms with Crippen LogP contribution in [0.4, 0.5) is 10.5 Å². The first kappa shape index (κ1) is 14.1. The number of urea groups is 1. The van der Waals surface area contributed by atoms with E-state index in [1.165, 1.54) is 6.08 Å². The summed E-state index contributed by atoms with van der Waals surface area (Å²) in [4.78, 5) is 24.1. The topological polar surface area (TPSA) is 84.7 Å². The third-order valence-corrected chi connectivity index (χ3v) is 3.10. The lowest BCUT2D eigenvalue weighted by atomic mass is 10.1. The van der Waals surface area contributed by atoms with Gasteiger partial charge in [0.15, 0.2) is 0 Å². The molecule has 1 fully saturated rings. The van der Waals surface area contributed by atoms with Crippen molar-refractivity contribution >= 4 is 17.6 Å². The summed E-state index contributed by atoms with van der Waals surface area (Å²) in [7, 11) is 0. The summed E-state index contributed by atoms with van der Waals surface area (Å²) in [5.41, 5.74) is 6.61. The molecule has 6 nitrogen and oxygen atoms in total. The van der Waals surface area contributed by atoms with Crippen molar-refractivity contribution in [2.24, 2.45) is 5.73 Å². The lowest BCUT2D eigenvalue weighted by molar-refractivity contribution is -0.133. The first-order valence-corrected chi connectivity index (χ1v) is 6.29. The normalized spacial score (nSPS) is 18.4. The number of benzene rings is 1. The molecule has 106 valence electrons. The third kappa shape index (κ3) is 3.36. The van der Waals surface area contributed by atoms with Crippen molar-refractivity contribution in [3.63, 3.8) is 0 Å². The maximum absolute atomic E-state index is 11.6. The number of primary amides is 1. The highest BCUT2D eigenvalue weighted by molar-refractivity contribution is 5.88. The van der Waals surface area contributed by atoms with Crippen molar-refractivity contribution in [2.45, 2.75) is 6.10 Å². The van der Waals surface area contributed by atoms with Crippen molar-refractivity contribution in [3.05, 3.63) is 42.5 Å². The Balaban J connectivity index is 2.05. The Kier molecular flexibility index (Phi) is 4.37. The average Bonchev–Trinajstić information content (AvgIpc) is 2.47. The molecule has 20 heavy (non-hydrogen) atoms. The first-order chi connectivity index (χ1) is 9.60. The average molecular weight is 275 g/mol. The van der Waals surface area contributed by atoms with Gasteiger partial charge in [-0.15, -0.1) is 0 Å². The third-order valence-electron chi connectivity index (χ3n) is 3.10. The maximum Gasteiger partial charge on any atom is 0.316 e. The molecule has 3 N–H and O–H groups in total. The van der Waals surface area contributed by atoms with E-state index in [9.17, 15) is 9.59 Å². The van der Waals surface area contributed by atoms with E-state index >= 15 is 0 Å². The molecule has 0 spiro atoms. The van der Waals surface area contributed by atoms with Crippen LogP contribution in [0.3, 0.4) is 0 Å². The Morgan fingerprint density at radius 3 is 2.70 bits per heavy atom. The number of morpholine rings is 1. The molecular weight excluding hydrogens is 258 g/mol. The molecule has 0 aromatic heterocycles. The second-order valence-electron chi connectivity index (χ2n) is 4.46. The molecule has 0 saturated carbocycles. The van der Waals surface area contributed by atoms with Crippen molar-refractivity contribution < 1.29 is 14.3 Å². The molecule has 0 bridgehead atoms. The maximum atomic E-state index is 11.6. The molecule has 1 aromatic rings. The van der Waals surface area contributed by atoms with Gasteiger partial charge in [0, 0.05) is 12.2 Å². The zero-order valence-electron chi connectivity index (χ0n) is 11.0. The van der Waals surface area contributed by atoms with Crippen molar-refractivity contribution in [1.29, 1.82) is 0 Å². The summed E-state index contributed by atoms with van der Waals surface area (Å²) in [5.74, 6) is -0.0923. The fraction of sp³-hybridized carbons (Fsp3) is 0.286. The zero-order chi connectivity index (χ0) is 14.5. The molecule has 1 atom stereocenters. The van der Waals surface area contributed by atoms with Crippen molar-refractivity contribution in [3.8, 4) is 0 Å². The zero-order valence-corrected chi connectivity index (χ0v) is 11.0. The van der Waals surface area contributed by atoms with E-state index in [1.54, 1.807) is 17.0 Å². The number of carbonyl (C=O) groups is 2. The first-order valence-electron chi connectivity index (χ1n) is 6.29. The molecule has 3 amide bonds. The Morgan fingerprint density at radius 2 is 2.10 bits per heavy atom. The fourth-order valence-corrected chi connectivity index (χ4v) is 2.10. The highest BCUT2D eigenvalue weighted by atomic mass is 16.5. The number of ether oxygens (including phenoxy) is 1. The van der Waals surface area contributed by atoms with Crippen LogP contribution in [0.1, 0.15) is 11.7 Å². The molecule has 6 heteroatoms. The second-order valence-corrected chi connectivity index (χ2v) is 4.46. The second kappa shape index (κ2) is 6.21. The van der Waals surface area contributed by atoms with Crippen LogP contribution in [0, 0.1) is 0 Å². The number of hydrogen-bond donors (Lipinski definition) is 2. The van der Waals surface area contributed by atoms with Gasteiger partial charge in [-0.1, -0.05) is 18.7 Å². The molecule has 0 aliphatic carbocycles. The highest BCUT2D eigenvalue weighted by Crippen LogP contribution is 2.23. The van der Waals surface area contributed by atoms with Crippen molar-refractivity contribution in [2.75, 3.05) is 25.0 Å². The van der Waals surface area contributed by atoms with Gasteiger partial charge in [-0.25, -0.2) is 4.79 Å². The lowest BCUT2D eigenvalue weighted by Gasteiger charge is -2.32. The number of nitrogens with two attached hydrogens (primary N) is 1. The van der Waals surface area contributed by atoms with Gasteiger partial charge in [0.05, 0.1) is 13.2 Å². The van der Waals surface area contributed by atoms with Crippen LogP contribution in [-0.2, 0) is 9.53 Å². The predicted octanol–water partition coefficient (Wildman–Crippen LogP) is 1.26. The molecule has 1 saturated heterocycles. The fourth-order valence-electron chi connectivity index (χ4n) is 2.10. The van der Waals surface area contributed by atoms with Crippen LogP contribution in [0.15, 0.2) is 36.9 Å². The molecular formula is C14H17N3O3. The SMILES string of the molecule is C=CC(=O)N1CCOC(c2ccc(NC(N)=O)cc2)C1. The summed E-state index contributed by atoms with van der Waals surface area (Å²) in [6.07, 6.45) is 1.14. The monoisotopic (exact) mass is 275 g/mol. The molecule has 1 aliphatic rings.